The minimum absolute atomic E-state index is 0.0131. The summed E-state index contributed by atoms with van der Waals surface area (Å²) >= 11 is 5.88. The van der Waals surface area contributed by atoms with E-state index in [1.807, 2.05) is 12.1 Å². The molecule has 0 aliphatic heterocycles. The normalized spacial score (nSPS) is 10.8. The van der Waals surface area contributed by atoms with Crippen LogP contribution in [-0.4, -0.2) is 29.0 Å². The maximum Gasteiger partial charge on any atom is 0.255 e. The Morgan fingerprint density at radius 3 is 2.39 bits per heavy atom. The second-order valence-corrected chi connectivity index (χ2v) is 5.71. The molecular formula is C18H21ClN2O2. The summed E-state index contributed by atoms with van der Waals surface area (Å²) in [6.45, 7) is 7.11. The third-order valence-corrected chi connectivity index (χ3v) is 3.96. The molecule has 4 nitrogen and oxygen atoms in total. The molecule has 23 heavy (non-hydrogen) atoms. The van der Waals surface area contributed by atoms with Gasteiger partial charge in [0.1, 0.15) is 5.75 Å². The first-order valence-electron chi connectivity index (χ1n) is 7.64. The van der Waals surface area contributed by atoms with E-state index in [1.54, 1.807) is 18.2 Å². The lowest BCUT2D eigenvalue weighted by atomic mass is 10.1. The van der Waals surface area contributed by atoms with Crippen molar-refractivity contribution in [1.29, 1.82) is 0 Å². The molecule has 0 aromatic heterocycles. The maximum atomic E-state index is 12.2. The molecule has 122 valence electrons. The highest BCUT2D eigenvalue weighted by Crippen LogP contribution is 2.27. The van der Waals surface area contributed by atoms with Crippen LogP contribution in [0.2, 0.25) is 5.02 Å². The van der Waals surface area contributed by atoms with Crippen molar-refractivity contribution in [2.75, 3.05) is 18.4 Å². The fraction of sp³-hybridized carbons (Fsp3) is 0.278. The van der Waals surface area contributed by atoms with E-state index in [9.17, 15) is 9.90 Å². The molecule has 0 unspecified atom stereocenters. The van der Waals surface area contributed by atoms with E-state index in [2.05, 4.69) is 24.1 Å². The predicted octanol–water partition coefficient (Wildman–Crippen LogP) is 4.14. The van der Waals surface area contributed by atoms with Crippen molar-refractivity contribution < 1.29 is 9.90 Å². The quantitative estimate of drug-likeness (QED) is 0.782. The average Bonchev–Trinajstić information content (AvgIpc) is 2.56. The smallest absolute Gasteiger partial charge is 0.255 e. The van der Waals surface area contributed by atoms with Crippen LogP contribution >= 0.6 is 11.6 Å². The lowest BCUT2D eigenvalue weighted by molar-refractivity contribution is 0.102. The molecule has 0 fully saturated rings. The lowest BCUT2D eigenvalue weighted by Crippen LogP contribution is -2.22. The van der Waals surface area contributed by atoms with Gasteiger partial charge in [0, 0.05) is 17.1 Å². The van der Waals surface area contributed by atoms with Crippen LogP contribution in [0.4, 0.5) is 5.69 Å². The summed E-state index contributed by atoms with van der Waals surface area (Å²) in [5.41, 5.74) is 2.00. The number of halogens is 1. The summed E-state index contributed by atoms with van der Waals surface area (Å²) in [4.78, 5) is 14.6. The number of anilines is 1. The zero-order valence-corrected chi connectivity index (χ0v) is 14.1. The van der Waals surface area contributed by atoms with E-state index < -0.39 is 0 Å². The molecule has 0 radical (unpaired) electrons. The molecule has 0 spiro atoms. The zero-order chi connectivity index (χ0) is 16.8. The first kappa shape index (κ1) is 17.3. The highest BCUT2D eigenvalue weighted by Gasteiger charge is 2.10. The van der Waals surface area contributed by atoms with Gasteiger partial charge in [-0.3, -0.25) is 9.69 Å². The van der Waals surface area contributed by atoms with Crippen molar-refractivity contribution in [2.24, 2.45) is 0 Å². The molecule has 0 bridgehead atoms. The molecule has 2 N–H and O–H groups in total. The fourth-order valence-electron chi connectivity index (χ4n) is 2.27. The maximum absolute atomic E-state index is 12.2. The van der Waals surface area contributed by atoms with E-state index in [1.165, 1.54) is 12.1 Å². The number of hydrogen-bond donors (Lipinski definition) is 2. The van der Waals surface area contributed by atoms with Gasteiger partial charge in [-0.05, 0) is 49.0 Å². The highest BCUT2D eigenvalue weighted by atomic mass is 35.5. The van der Waals surface area contributed by atoms with Crippen LogP contribution < -0.4 is 5.32 Å². The van der Waals surface area contributed by atoms with E-state index >= 15 is 0 Å². The van der Waals surface area contributed by atoms with Crippen molar-refractivity contribution in [3.63, 3.8) is 0 Å². The number of carbonyl (C=O) groups excluding carboxylic acids is 1. The van der Waals surface area contributed by atoms with Gasteiger partial charge in [0.15, 0.2) is 0 Å². The number of amides is 1. The van der Waals surface area contributed by atoms with Crippen LogP contribution in [0, 0.1) is 0 Å². The highest BCUT2D eigenvalue weighted by molar-refractivity contribution is 6.31. The molecule has 5 heteroatoms. The lowest BCUT2D eigenvalue weighted by Gasteiger charge is -2.18. The molecule has 0 heterocycles. The van der Waals surface area contributed by atoms with Crippen LogP contribution in [0.1, 0.15) is 29.8 Å². The second-order valence-electron chi connectivity index (χ2n) is 5.27. The van der Waals surface area contributed by atoms with Gasteiger partial charge in [0.05, 0.1) is 5.69 Å². The average molecular weight is 333 g/mol. The van der Waals surface area contributed by atoms with Crippen molar-refractivity contribution >= 4 is 23.2 Å². The number of phenolic OH excluding ortho intramolecular Hbond substituents is 1. The Kier molecular flexibility index (Phi) is 6.02. The number of nitrogens with zero attached hydrogens (tertiary/aromatic N) is 1. The van der Waals surface area contributed by atoms with Gasteiger partial charge >= 0.3 is 0 Å². The summed E-state index contributed by atoms with van der Waals surface area (Å²) in [5, 5.41) is 12.9. The van der Waals surface area contributed by atoms with Gasteiger partial charge in [0.25, 0.3) is 5.91 Å². The van der Waals surface area contributed by atoms with Crippen LogP contribution in [0.15, 0.2) is 42.5 Å². The van der Waals surface area contributed by atoms with Gasteiger partial charge in [-0.25, -0.2) is 0 Å². The van der Waals surface area contributed by atoms with Crippen molar-refractivity contribution in [1.82, 2.24) is 4.90 Å². The van der Waals surface area contributed by atoms with E-state index in [0.717, 1.165) is 25.2 Å². The summed E-state index contributed by atoms with van der Waals surface area (Å²) in [7, 11) is 0. The summed E-state index contributed by atoms with van der Waals surface area (Å²) in [6, 6.07) is 12.0. The monoisotopic (exact) mass is 332 g/mol. The second kappa shape index (κ2) is 7.99. The first-order chi connectivity index (χ1) is 11.0. The third-order valence-electron chi connectivity index (χ3n) is 3.72. The van der Waals surface area contributed by atoms with Crippen molar-refractivity contribution in [2.45, 2.75) is 20.4 Å². The van der Waals surface area contributed by atoms with Gasteiger partial charge in [-0.1, -0.05) is 37.6 Å². The molecule has 0 saturated heterocycles. The molecule has 1 amide bonds. The molecule has 0 atom stereocenters. The third kappa shape index (κ3) is 4.71. The Labute approximate surface area is 141 Å². The van der Waals surface area contributed by atoms with Gasteiger partial charge in [-0.2, -0.15) is 0 Å². The predicted molar refractivity (Wildman–Crippen MR) is 94.1 cm³/mol. The number of benzene rings is 2. The molecule has 0 aliphatic carbocycles. The summed E-state index contributed by atoms with van der Waals surface area (Å²) in [6.07, 6.45) is 0. The minimum Gasteiger partial charge on any atom is -0.506 e. The Bertz CT molecular complexity index is 667. The number of aromatic hydroxyl groups is 1. The first-order valence-corrected chi connectivity index (χ1v) is 8.02. The molecule has 0 aliphatic rings. The number of phenols is 1. The van der Waals surface area contributed by atoms with Crippen molar-refractivity contribution in [3.05, 3.63) is 58.6 Å². The van der Waals surface area contributed by atoms with Crippen molar-refractivity contribution in [3.8, 4) is 5.75 Å². The zero-order valence-electron chi connectivity index (χ0n) is 13.3. The Balaban J connectivity index is 2.07. The van der Waals surface area contributed by atoms with Gasteiger partial charge in [-0.15, -0.1) is 0 Å². The topological polar surface area (TPSA) is 52.6 Å². The van der Waals surface area contributed by atoms with Crippen LogP contribution in [0.25, 0.3) is 0 Å². The fourth-order valence-corrected chi connectivity index (χ4v) is 2.44. The Morgan fingerprint density at radius 2 is 1.78 bits per heavy atom. The van der Waals surface area contributed by atoms with E-state index in [0.29, 0.717) is 16.3 Å². The molecule has 2 rings (SSSR count). The number of carbonyl (C=O) groups is 1. The minimum atomic E-state index is -0.281. The largest absolute Gasteiger partial charge is 0.506 e. The van der Waals surface area contributed by atoms with Gasteiger partial charge < -0.3 is 10.4 Å². The van der Waals surface area contributed by atoms with E-state index in [4.69, 9.17) is 11.6 Å². The molecule has 2 aromatic carbocycles. The summed E-state index contributed by atoms with van der Waals surface area (Å²) in [5.74, 6) is -0.294. The molecular weight excluding hydrogens is 312 g/mol. The Hall–Kier alpha value is -2.04. The standard InChI is InChI=1S/C18H21ClN2O2/c1-3-21(4-2)12-13-5-7-14(8-6-13)18(23)20-16-11-15(19)9-10-17(16)22/h5-11,22H,3-4,12H2,1-2H3,(H,20,23). The number of rotatable bonds is 6. The Morgan fingerprint density at radius 1 is 1.13 bits per heavy atom. The summed E-state index contributed by atoms with van der Waals surface area (Å²) < 4.78 is 0. The van der Waals surface area contributed by atoms with Crippen LogP contribution in [0.5, 0.6) is 5.75 Å². The molecule has 0 saturated carbocycles. The van der Waals surface area contributed by atoms with Crippen LogP contribution in [-0.2, 0) is 6.54 Å². The number of nitrogens with one attached hydrogen (secondary N) is 1. The van der Waals surface area contributed by atoms with E-state index in [-0.39, 0.29) is 11.7 Å². The SMILES string of the molecule is CCN(CC)Cc1ccc(C(=O)Nc2cc(Cl)ccc2O)cc1. The molecule has 2 aromatic rings. The number of hydrogen-bond acceptors (Lipinski definition) is 3. The van der Waals surface area contributed by atoms with Crippen LogP contribution in [0.3, 0.4) is 0 Å². The van der Waals surface area contributed by atoms with Gasteiger partial charge in [0.2, 0.25) is 0 Å².